The van der Waals surface area contributed by atoms with Crippen LogP contribution in [0.4, 0.5) is 4.39 Å². The molecule has 2 aromatic carbocycles. The minimum atomic E-state index is -0.583. The lowest BCUT2D eigenvalue weighted by molar-refractivity contribution is 0.0729. The third-order valence-electron chi connectivity index (χ3n) is 3.60. The largest absolute Gasteiger partial charge is 0.493 e. The maximum Gasteiger partial charge on any atom is 0.343 e. The summed E-state index contributed by atoms with van der Waals surface area (Å²) in [6, 6.07) is 16.0. The van der Waals surface area contributed by atoms with Crippen molar-refractivity contribution in [2.24, 2.45) is 0 Å². The third kappa shape index (κ3) is 4.33. The molecule has 26 heavy (non-hydrogen) atoms. The zero-order valence-corrected chi connectivity index (χ0v) is 14.1. The predicted molar refractivity (Wildman–Crippen MR) is 97.5 cm³/mol. The van der Waals surface area contributed by atoms with Crippen molar-refractivity contribution in [3.8, 4) is 11.5 Å². The molecule has 5 heteroatoms. The monoisotopic (exact) mass is 349 g/mol. The van der Waals surface area contributed by atoms with Crippen LogP contribution in [-0.4, -0.2) is 18.1 Å². The van der Waals surface area contributed by atoms with Gasteiger partial charge in [-0.1, -0.05) is 18.2 Å². The van der Waals surface area contributed by atoms with E-state index in [1.54, 1.807) is 24.4 Å². The van der Waals surface area contributed by atoms with Crippen LogP contribution in [0.5, 0.6) is 11.5 Å². The molecular formula is C21H16FNO3. The first-order valence-electron chi connectivity index (χ1n) is 7.90. The number of pyridine rings is 1. The van der Waals surface area contributed by atoms with Crippen LogP contribution >= 0.6 is 0 Å². The van der Waals surface area contributed by atoms with Crippen molar-refractivity contribution in [1.82, 2.24) is 4.98 Å². The number of halogens is 1. The topological polar surface area (TPSA) is 48.4 Å². The highest BCUT2D eigenvalue weighted by molar-refractivity contribution is 5.91. The molecule has 0 aliphatic heterocycles. The molecule has 1 heterocycles. The van der Waals surface area contributed by atoms with E-state index in [9.17, 15) is 9.18 Å². The van der Waals surface area contributed by atoms with E-state index in [-0.39, 0.29) is 11.3 Å². The van der Waals surface area contributed by atoms with E-state index in [0.29, 0.717) is 5.75 Å². The molecule has 0 bridgehead atoms. The predicted octanol–water partition coefficient (Wildman–Crippen LogP) is 4.62. The Kier molecular flexibility index (Phi) is 5.39. The minimum Gasteiger partial charge on any atom is -0.493 e. The molecule has 0 aliphatic rings. The van der Waals surface area contributed by atoms with E-state index in [0.717, 1.165) is 11.3 Å². The van der Waals surface area contributed by atoms with Gasteiger partial charge in [-0.2, -0.15) is 0 Å². The molecule has 0 saturated heterocycles. The Balaban J connectivity index is 1.77. The summed E-state index contributed by atoms with van der Waals surface area (Å²) in [5.74, 6) is -0.288. The summed E-state index contributed by atoms with van der Waals surface area (Å²) in [6.07, 6.45) is 5.48. The summed E-state index contributed by atoms with van der Waals surface area (Å²) in [7, 11) is 1.50. The molecule has 0 radical (unpaired) electrons. The summed E-state index contributed by atoms with van der Waals surface area (Å²) in [6.45, 7) is 0. The standard InChI is InChI=1S/C21H16FNO3/c1-25-20-14-15(5-11-18-4-2-3-13-23-18)6-12-19(20)26-21(24)16-7-9-17(22)10-8-16/h2-14H,1H3/b11-5+. The Morgan fingerprint density at radius 2 is 1.81 bits per heavy atom. The number of aromatic nitrogens is 1. The van der Waals surface area contributed by atoms with Crippen LogP contribution in [0.2, 0.25) is 0 Å². The molecule has 1 aromatic heterocycles. The van der Waals surface area contributed by atoms with Gasteiger partial charge >= 0.3 is 5.97 Å². The van der Waals surface area contributed by atoms with Crippen molar-refractivity contribution in [2.75, 3.05) is 7.11 Å². The first-order chi connectivity index (χ1) is 12.7. The number of rotatable bonds is 5. The van der Waals surface area contributed by atoms with E-state index in [4.69, 9.17) is 9.47 Å². The van der Waals surface area contributed by atoms with Crippen molar-refractivity contribution >= 4 is 18.1 Å². The summed E-state index contributed by atoms with van der Waals surface area (Å²) in [5, 5.41) is 0. The molecule has 0 atom stereocenters. The van der Waals surface area contributed by atoms with Crippen LogP contribution in [0.25, 0.3) is 12.2 Å². The quantitative estimate of drug-likeness (QED) is 0.498. The molecule has 0 saturated carbocycles. The average molecular weight is 349 g/mol. The number of carbonyl (C=O) groups excluding carboxylic acids is 1. The van der Waals surface area contributed by atoms with Crippen LogP contribution < -0.4 is 9.47 Å². The number of esters is 1. The van der Waals surface area contributed by atoms with Crippen molar-refractivity contribution < 1.29 is 18.7 Å². The molecule has 0 aliphatic carbocycles. The Hall–Kier alpha value is -3.47. The number of ether oxygens (including phenoxy) is 2. The van der Waals surface area contributed by atoms with Crippen molar-refractivity contribution in [3.63, 3.8) is 0 Å². The van der Waals surface area contributed by atoms with Crippen LogP contribution in [0.15, 0.2) is 66.9 Å². The van der Waals surface area contributed by atoms with Gasteiger partial charge in [-0.05, 0) is 60.2 Å². The highest BCUT2D eigenvalue weighted by Gasteiger charge is 2.12. The fraction of sp³-hybridized carbons (Fsp3) is 0.0476. The van der Waals surface area contributed by atoms with Gasteiger partial charge in [0.15, 0.2) is 11.5 Å². The van der Waals surface area contributed by atoms with Gasteiger partial charge in [-0.25, -0.2) is 9.18 Å². The maximum absolute atomic E-state index is 13.0. The Morgan fingerprint density at radius 3 is 2.50 bits per heavy atom. The summed E-state index contributed by atoms with van der Waals surface area (Å²) >= 11 is 0. The van der Waals surface area contributed by atoms with Crippen LogP contribution in [0, 0.1) is 5.82 Å². The van der Waals surface area contributed by atoms with Gasteiger partial charge in [-0.3, -0.25) is 4.98 Å². The number of hydrogen-bond donors (Lipinski definition) is 0. The smallest absolute Gasteiger partial charge is 0.343 e. The zero-order chi connectivity index (χ0) is 18.4. The fourth-order valence-corrected chi connectivity index (χ4v) is 2.27. The second-order valence-corrected chi connectivity index (χ2v) is 5.39. The number of carbonyl (C=O) groups is 1. The average Bonchev–Trinajstić information content (AvgIpc) is 2.68. The number of nitrogens with zero attached hydrogens (tertiary/aromatic N) is 1. The molecular weight excluding hydrogens is 333 g/mol. The molecule has 0 spiro atoms. The number of hydrogen-bond acceptors (Lipinski definition) is 4. The Morgan fingerprint density at radius 1 is 1.00 bits per heavy atom. The third-order valence-corrected chi connectivity index (χ3v) is 3.60. The molecule has 130 valence electrons. The second-order valence-electron chi connectivity index (χ2n) is 5.39. The number of methoxy groups -OCH3 is 1. The first kappa shape index (κ1) is 17.4. The normalized spacial score (nSPS) is 10.7. The summed E-state index contributed by atoms with van der Waals surface area (Å²) < 4.78 is 23.6. The first-order valence-corrected chi connectivity index (χ1v) is 7.90. The molecule has 4 nitrogen and oxygen atoms in total. The van der Waals surface area contributed by atoms with Gasteiger partial charge in [0.1, 0.15) is 5.82 Å². The molecule has 3 rings (SSSR count). The van der Waals surface area contributed by atoms with Gasteiger partial charge in [0.2, 0.25) is 0 Å². The highest BCUT2D eigenvalue weighted by Crippen LogP contribution is 2.29. The minimum absolute atomic E-state index is 0.257. The fourth-order valence-electron chi connectivity index (χ4n) is 2.27. The van der Waals surface area contributed by atoms with E-state index < -0.39 is 11.8 Å². The lowest BCUT2D eigenvalue weighted by atomic mass is 10.1. The number of benzene rings is 2. The van der Waals surface area contributed by atoms with Crippen molar-refractivity contribution in [2.45, 2.75) is 0 Å². The summed E-state index contributed by atoms with van der Waals surface area (Å²) in [4.78, 5) is 16.4. The zero-order valence-electron chi connectivity index (χ0n) is 14.1. The van der Waals surface area contributed by atoms with Crippen LogP contribution in [0.1, 0.15) is 21.6 Å². The van der Waals surface area contributed by atoms with Gasteiger partial charge in [-0.15, -0.1) is 0 Å². The molecule has 0 unspecified atom stereocenters. The molecule has 0 N–H and O–H groups in total. The van der Waals surface area contributed by atoms with E-state index >= 15 is 0 Å². The van der Waals surface area contributed by atoms with Gasteiger partial charge in [0.25, 0.3) is 0 Å². The SMILES string of the molecule is COc1cc(/C=C/c2ccccn2)ccc1OC(=O)c1ccc(F)cc1. The van der Waals surface area contributed by atoms with E-state index in [1.807, 2.05) is 30.4 Å². The van der Waals surface area contributed by atoms with Crippen molar-refractivity contribution in [3.05, 3.63) is 89.5 Å². The van der Waals surface area contributed by atoms with Gasteiger partial charge in [0, 0.05) is 6.20 Å². The Labute approximate surface area is 150 Å². The lowest BCUT2D eigenvalue weighted by Crippen LogP contribution is -2.09. The lowest BCUT2D eigenvalue weighted by Gasteiger charge is -2.10. The van der Waals surface area contributed by atoms with E-state index in [1.165, 1.54) is 31.4 Å². The van der Waals surface area contributed by atoms with Gasteiger partial charge < -0.3 is 9.47 Å². The maximum atomic E-state index is 13.0. The summed E-state index contributed by atoms with van der Waals surface area (Å²) in [5.41, 5.74) is 1.96. The molecule has 3 aromatic rings. The Bertz CT molecular complexity index is 922. The van der Waals surface area contributed by atoms with E-state index in [2.05, 4.69) is 4.98 Å². The van der Waals surface area contributed by atoms with Gasteiger partial charge in [0.05, 0.1) is 18.4 Å². The van der Waals surface area contributed by atoms with Crippen LogP contribution in [0.3, 0.4) is 0 Å². The van der Waals surface area contributed by atoms with Crippen molar-refractivity contribution in [1.29, 1.82) is 0 Å². The molecule has 0 fully saturated rings. The molecule has 0 amide bonds. The van der Waals surface area contributed by atoms with Crippen LogP contribution in [-0.2, 0) is 0 Å². The second kappa shape index (κ2) is 8.07. The highest BCUT2D eigenvalue weighted by atomic mass is 19.1.